The first kappa shape index (κ1) is 124. The minimum Gasteiger partial charge on any atom is -0.508 e. The third-order valence-corrected chi connectivity index (χ3v) is 21.4. The van der Waals surface area contributed by atoms with Gasteiger partial charge in [0.05, 0.1) is 31.4 Å². The van der Waals surface area contributed by atoms with Crippen molar-refractivity contribution < 1.29 is 141 Å². The number of unbranched alkanes of at least 4 members (excludes halogenated alkanes) is 1. The molecule has 0 radical (unpaired) electrons. The highest BCUT2D eigenvalue weighted by Gasteiger charge is 2.41. The van der Waals surface area contributed by atoms with Gasteiger partial charge in [-0.3, -0.25) is 117 Å². The Morgan fingerprint density at radius 2 is 0.646 bits per heavy atom. The van der Waals surface area contributed by atoms with E-state index in [1.807, 2.05) is 26.6 Å². The largest absolute Gasteiger partial charge is 0.508 e. The van der Waals surface area contributed by atoms with Crippen molar-refractivity contribution in [3.05, 3.63) is 65.7 Å². The average Bonchev–Trinajstić information content (AvgIpc) is 0.838. The fraction of sp³-hybridized carbons (Fsp3) is 0.575. The van der Waals surface area contributed by atoms with E-state index in [-0.39, 0.29) is 115 Å². The number of carbonyl (C=O) groups excluding carboxylic acids is 17. The molecule has 0 aliphatic heterocycles. The molecule has 2 aromatic carbocycles. The molecule has 17 amide bonds. The van der Waals surface area contributed by atoms with Crippen LogP contribution in [-0.4, -0.2) is 313 Å². The van der Waals surface area contributed by atoms with Crippen molar-refractivity contribution in [1.29, 1.82) is 16.2 Å². The smallest absolute Gasteiger partial charge is 0.326 e. The Hall–Kier alpha value is -15.7. The first-order valence-electron chi connectivity index (χ1n) is 45.9. The number of aliphatic hydroxyl groups excluding tert-OH is 1. The Kier molecular flexibility index (Phi) is 55.8. The maximum absolute atomic E-state index is 15.1. The molecular formula is C87H138N28O29. The number of phenols is 1. The van der Waals surface area contributed by atoms with Crippen LogP contribution in [0.2, 0.25) is 0 Å². The van der Waals surface area contributed by atoms with E-state index in [0.717, 1.165) is 13.8 Å². The van der Waals surface area contributed by atoms with Crippen LogP contribution in [0.15, 0.2) is 54.6 Å². The molecule has 144 heavy (non-hydrogen) atoms. The number of aliphatic hydroxyl groups is 1. The van der Waals surface area contributed by atoms with Crippen LogP contribution < -0.4 is 136 Å². The summed E-state index contributed by atoms with van der Waals surface area (Å²) in [7, 11) is 0. The van der Waals surface area contributed by atoms with Crippen LogP contribution in [0, 0.1) is 28.1 Å². The minimum atomic E-state index is -2.28. The van der Waals surface area contributed by atoms with Crippen LogP contribution in [-0.2, 0) is 118 Å². The number of benzene rings is 2. The number of carboxylic acid groups (broad SMARTS) is 5. The van der Waals surface area contributed by atoms with Gasteiger partial charge in [-0.1, -0.05) is 70.2 Å². The second-order valence-electron chi connectivity index (χ2n) is 34.5. The molecule has 0 aromatic heterocycles. The molecule has 0 aliphatic carbocycles. The molecule has 0 saturated heterocycles. The standard InChI is InChI=1S/C87H138N28O29/c1-41(2)35-56(109-80(139)57(37-45-15-8-7-9-16-45)110-73(132)51(19-13-33-99-86(94)95)107-82(141)67(42(3)4)114-77(136)52(20-14-34-100-87(96)97)103-70(129)48(89)36-46-21-23-47(117)24-22-46)79(138)105-50(18-12-32-98-85(92)93)72(131)104-49(17-10-11-31-88)71(130)106-55(27-30-64(122)123)75(134)111-58(38-62(91)119)81(140)115-68(44(6)116)83(142)108-53(25-28-61(90)118)74(133)112-59(39-65(124)125)78(137)101-43(5)69(128)102-54(26-29-63(120)121)76(135)113-60(84(143)144)40-66(126)127/h7-9,15-16,21-24,41-44,48-60,67-68,116-117H,10-14,17-20,25-40,88-89H2,1-6H3,(H2,90,118)(H2,91,119)(H,101,137)(H,102,128)(H,103,129)(H,104,131)(H,105,138)(H,106,130)(H,107,141)(H,108,142)(H,109,139)(H,110,132)(H,111,134)(H,112,133)(H,113,135)(H,114,136)(H,115,140)(H,120,121)(H,122,123)(H,124,125)(H,126,127)(H,143,144)(H4,92,93,98)(H4,94,95,99)(H4,96,97,100)/t43-,44+,48-,49-,50-,51-,52-,53-,54-,55-,56-,57-,58-,59-,60-,67-,68-/m0/s1. The van der Waals surface area contributed by atoms with Gasteiger partial charge in [-0.25, -0.2) is 4.79 Å². The highest BCUT2D eigenvalue weighted by molar-refractivity contribution is 6.03. The molecule has 0 saturated carbocycles. The zero-order valence-corrected chi connectivity index (χ0v) is 80.5. The molecule has 17 atom stereocenters. The lowest BCUT2D eigenvalue weighted by Crippen LogP contribution is -2.62. The van der Waals surface area contributed by atoms with E-state index in [9.17, 15) is 127 Å². The summed E-state index contributed by atoms with van der Waals surface area (Å²) < 4.78 is 0. The molecule has 0 fully saturated rings. The lowest BCUT2D eigenvalue weighted by molar-refractivity contribution is -0.147. The van der Waals surface area contributed by atoms with Crippen LogP contribution in [0.5, 0.6) is 5.75 Å². The number of carbonyl (C=O) groups is 22. The number of nitrogens with two attached hydrogens (primary N) is 7. The van der Waals surface area contributed by atoms with Gasteiger partial charge in [0.15, 0.2) is 17.9 Å². The highest BCUT2D eigenvalue weighted by Crippen LogP contribution is 2.18. The van der Waals surface area contributed by atoms with Crippen LogP contribution in [0.3, 0.4) is 0 Å². The SMILES string of the molecule is CC(C)C[C@H](NC(=O)[C@H](Cc1ccccc1)NC(=O)[C@H](CCCNC(=N)N)NC(=O)[C@@H](NC(=O)[C@H](CCCNC(=N)N)NC(=O)[C@@H](N)Cc1ccc(O)cc1)C(C)C)C(=O)N[C@@H](CCCNC(=N)N)C(=O)N[C@@H](CCCCN)C(=O)N[C@@H](CCC(=O)O)C(=O)N[C@@H](CC(N)=O)C(=O)N[C@H](C(=O)N[C@@H](CCC(N)=O)C(=O)N[C@@H](CC(=O)O)C(=O)N[C@@H](C)C(=O)N[C@@H](CCC(=O)O)C(=O)N[C@@H](CC(=O)O)C(=O)O)[C@@H](C)O. The fourth-order valence-corrected chi connectivity index (χ4v) is 13.8. The van der Waals surface area contributed by atoms with E-state index in [1.54, 1.807) is 70.2 Å². The van der Waals surface area contributed by atoms with Crippen molar-refractivity contribution >= 4 is 148 Å². The van der Waals surface area contributed by atoms with Gasteiger partial charge in [0.1, 0.15) is 96.4 Å². The number of hydrogen-bond acceptors (Lipinski definition) is 29. The number of aliphatic carboxylic acids is 5. The summed E-state index contributed by atoms with van der Waals surface area (Å²) >= 11 is 0. The Balaban J connectivity index is 2.67. The van der Waals surface area contributed by atoms with Crippen LogP contribution in [0.4, 0.5) is 0 Å². The third-order valence-electron chi connectivity index (χ3n) is 21.4. The number of amides is 17. The minimum absolute atomic E-state index is 0.00782. The second kappa shape index (κ2) is 64.6. The van der Waals surface area contributed by atoms with E-state index in [1.165, 1.54) is 12.1 Å². The van der Waals surface area contributed by atoms with Gasteiger partial charge >= 0.3 is 29.8 Å². The summed E-state index contributed by atoms with van der Waals surface area (Å²) in [6, 6.07) is -14.8. The Bertz CT molecular complexity index is 4780. The zero-order chi connectivity index (χ0) is 109. The quantitative estimate of drug-likeness (QED) is 0.0166. The van der Waals surface area contributed by atoms with Crippen molar-refractivity contribution in [2.45, 2.75) is 279 Å². The van der Waals surface area contributed by atoms with Gasteiger partial charge in [0.2, 0.25) is 100 Å². The maximum Gasteiger partial charge on any atom is 0.326 e. The van der Waals surface area contributed by atoms with Crippen LogP contribution in [0.1, 0.15) is 175 Å². The average molecular weight is 2040 g/mol. The predicted octanol–water partition coefficient (Wildman–Crippen LogP) is -10.3. The monoisotopic (exact) mass is 2040 g/mol. The number of primary amides is 2. The molecule has 2 aromatic rings. The summed E-state index contributed by atoms with van der Waals surface area (Å²) in [5.41, 5.74) is 40.6. The zero-order valence-electron chi connectivity index (χ0n) is 80.5. The number of guanidine groups is 3. The van der Waals surface area contributed by atoms with Gasteiger partial charge in [-0.05, 0) is 145 Å². The van der Waals surface area contributed by atoms with E-state index in [4.69, 9.17) is 61.5 Å². The topological polar surface area (TPSA) is 987 Å². The second-order valence-corrected chi connectivity index (χ2v) is 34.5. The number of hydrogen-bond donors (Lipinski definition) is 35. The number of nitrogens with one attached hydrogen (secondary N) is 21. The molecule has 800 valence electrons. The van der Waals surface area contributed by atoms with Crippen molar-refractivity contribution in [1.82, 2.24) is 95.7 Å². The molecular weight excluding hydrogens is 1900 g/mol. The first-order valence-corrected chi connectivity index (χ1v) is 45.9. The van der Waals surface area contributed by atoms with E-state index >= 15 is 9.59 Å². The van der Waals surface area contributed by atoms with Gasteiger partial charge in [-0.2, -0.15) is 0 Å². The Labute approximate surface area is 826 Å². The summed E-state index contributed by atoms with van der Waals surface area (Å²) in [6.45, 7) is 8.30. The van der Waals surface area contributed by atoms with E-state index < -0.39 is 315 Å². The summed E-state index contributed by atoms with van der Waals surface area (Å²) in [4.78, 5) is 298. The molecule has 0 spiro atoms. The van der Waals surface area contributed by atoms with Gasteiger partial charge in [0, 0.05) is 45.3 Å². The van der Waals surface area contributed by atoms with Crippen molar-refractivity contribution in [2.75, 3.05) is 26.2 Å². The predicted molar refractivity (Wildman–Crippen MR) is 509 cm³/mol. The third kappa shape index (κ3) is 49.9. The molecule has 57 heteroatoms. The molecule has 0 unspecified atom stereocenters. The van der Waals surface area contributed by atoms with E-state index in [2.05, 4.69) is 69.1 Å². The maximum atomic E-state index is 15.1. The molecule has 0 bridgehead atoms. The molecule has 2 rings (SSSR count). The number of phenolic OH excluding ortho intramolecular Hbond substituents is 1. The van der Waals surface area contributed by atoms with Gasteiger partial charge in [-0.15, -0.1) is 0 Å². The lowest BCUT2D eigenvalue weighted by atomic mass is 9.99. The lowest BCUT2D eigenvalue weighted by Gasteiger charge is -2.29. The number of rotatable bonds is 70. The van der Waals surface area contributed by atoms with Crippen molar-refractivity contribution in [3.8, 4) is 5.75 Å². The molecule has 0 aliphatic rings. The van der Waals surface area contributed by atoms with Crippen molar-refractivity contribution in [2.24, 2.45) is 52.0 Å². The van der Waals surface area contributed by atoms with Crippen molar-refractivity contribution in [3.63, 3.8) is 0 Å². The Morgan fingerprint density at radius 3 is 1.04 bits per heavy atom. The van der Waals surface area contributed by atoms with Gasteiger partial charge in [0.25, 0.3) is 0 Å². The summed E-state index contributed by atoms with van der Waals surface area (Å²) in [5.74, 6) is -31.6. The first-order chi connectivity index (χ1) is 67.5. The summed E-state index contributed by atoms with van der Waals surface area (Å²) in [6.07, 6.45) is -11.7. The van der Waals surface area contributed by atoms with E-state index in [0.29, 0.717) is 11.1 Å². The van der Waals surface area contributed by atoms with Gasteiger partial charge < -0.3 is 172 Å². The molecule has 42 N–H and O–H groups in total. The number of carboxylic acids is 5. The fourth-order valence-electron chi connectivity index (χ4n) is 13.8. The summed E-state index contributed by atoms with van der Waals surface area (Å²) in [5, 5.41) is 134. The molecule has 57 nitrogen and oxygen atoms in total. The van der Waals surface area contributed by atoms with Crippen LogP contribution >= 0.6 is 0 Å². The highest BCUT2D eigenvalue weighted by atomic mass is 16.4. The number of aromatic hydroxyl groups is 1. The normalized spacial score (nSPS) is 14.5. The van der Waals surface area contributed by atoms with Crippen LogP contribution in [0.25, 0.3) is 0 Å². The molecule has 0 heterocycles. The Morgan fingerprint density at radius 1 is 0.319 bits per heavy atom.